The summed E-state index contributed by atoms with van der Waals surface area (Å²) in [6, 6.07) is 17.7. The molecule has 6 heteroatoms. The van der Waals surface area contributed by atoms with E-state index < -0.39 is 6.29 Å². The van der Waals surface area contributed by atoms with Crippen LogP contribution in [0.15, 0.2) is 66.9 Å². The van der Waals surface area contributed by atoms with Crippen molar-refractivity contribution in [1.82, 2.24) is 15.2 Å². The highest BCUT2D eigenvalue weighted by Gasteiger charge is 2.20. The minimum absolute atomic E-state index is 0.122. The van der Waals surface area contributed by atoms with E-state index in [1.807, 2.05) is 18.2 Å². The molecule has 0 aliphatic rings. The molecule has 0 amide bonds. The maximum absolute atomic E-state index is 13.7. The minimum Gasteiger partial charge on any atom is -0.364 e. The van der Waals surface area contributed by atoms with Crippen LogP contribution < -0.4 is 0 Å². The number of H-pyrrole nitrogens is 1. The molecule has 2 aromatic heterocycles. The number of aromatic nitrogens is 3. The smallest absolute Gasteiger partial charge is 0.178 e. The number of fused-ring (bicyclic) bond motifs is 2. The summed E-state index contributed by atoms with van der Waals surface area (Å²) >= 11 is 0. The van der Waals surface area contributed by atoms with Crippen molar-refractivity contribution in [3.8, 4) is 22.4 Å². The molecule has 3 N–H and O–H groups in total. The van der Waals surface area contributed by atoms with E-state index in [0.717, 1.165) is 49.8 Å². The molecule has 5 nitrogen and oxygen atoms in total. The van der Waals surface area contributed by atoms with E-state index in [-0.39, 0.29) is 11.7 Å². The summed E-state index contributed by atoms with van der Waals surface area (Å²) in [7, 11) is 0. The Morgan fingerprint density at radius 3 is 2.22 bits per heavy atom. The van der Waals surface area contributed by atoms with Gasteiger partial charge in [-0.15, -0.1) is 0 Å². The van der Waals surface area contributed by atoms with Crippen LogP contribution in [0.4, 0.5) is 4.39 Å². The highest BCUT2D eigenvalue weighted by Crippen LogP contribution is 2.40. The van der Waals surface area contributed by atoms with Crippen LogP contribution in [0.1, 0.15) is 37.3 Å². The zero-order valence-electron chi connectivity index (χ0n) is 17.7. The summed E-state index contributed by atoms with van der Waals surface area (Å²) in [5.41, 5.74) is 5.76. The summed E-state index contributed by atoms with van der Waals surface area (Å²) < 4.78 is 13.7. The van der Waals surface area contributed by atoms with Gasteiger partial charge in [-0.2, -0.15) is 5.10 Å². The first kappa shape index (κ1) is 20.3. The third kappa shape index (κ3) is 3.43. The van der Waals surface area contributed by atoms with Gasteiger partial charge in [0, 0.05) is 27.5 Å². The molecule has 32 heavy (non-hydrogen) atoms. The highest BCUT2D eigenvalue weighted by atomic mass is 19.1. The third-order valence-corrected chi connectivity index (χ3v) is 5.75. The lowest BCUT2D eigenvalue weighted by atomic mass is 9.89. The molecule has 160 valence electrons. The number of hydrogen-bond donors (Lipinski definition) is 3. The number of aliphatic hydroxyl groups is 2. The zero-order valence-corrected chi connectivity index (χ0v) is 17.7. The van der Waals surface area contributed by atoms with Gasteiger partial charge in [-0.1, -0.05) is 50.2 Å². The van der Waals surface area contributed by atoms with Crippen LogP contribution in [0.2, 0.25) is 0 Å². The normalized spacial score (nSPS) is 11.8. The van der Waals surface area contributed by atoms with E-state index in [1.54, 1.807) is 30.5 Å². The molecular weight excluding hydrogens is 405 g/mol. The van der Waals surface area contributed by atoms with Crippen molar-refractivity contribution in [3.63, 3.8) is 0 Å². The molecule has 0 saturated heterocycles. The second-order valence-corrected chi connectivity index (χ2v) is 8.23. The van der Waals surface area contributed by atoms with Crippen molar-refractivity contribution in [2.75, 3.05) is 0 Å². The Hall–Kier alpha value is -3.61. The Morgan fingerprint density at radius 1 is 0.875 bits per heavy atom. The Balaban J connectivity index is 1.87. The highest BCUT2D eigenvalue weighted by molar-refractivity contribution is 6.09. The number of benzene rings is 3. The van der Waals surface area contributed by atoms with E-state index in [9.17, 15) is 14.6 Å². The maximum atomic E-state index is 13.7. The Kier molecular flexibility index (Phi) is 4.96. The van der Waals surface area contributed by atoms with Crippen LogP contribution in [0.5, 0.6) is 0 Å². The Bertz CT molecular complexity index is 1420. The monoisotopic (exact) mass is 427 g/mol. The summed E-state index contributed by atoms with van der Waals surface area (Å²) in [5.74, 6) is -0.158. The molecule has 0 aliphatic heterocycles. The number of aromatic amines is 1. The van der Waals surface area contributed by atoms with Gasteiger partial charge in [0.1, 0.15) is 5.82 Å². The van der Waals surface area contributed by atoms with Crippen molar-refractivity contribution in [2.45, 2.75) is 26.1 Å². The predicted octanol–water partition coefficient (Wildman–Crippen LogP) is 5.69. The Morgan fingerprint density at radius 2 is 1.56 bits per heavy atom. The van der Waals surface area contributed by atoms with E-state index in [4.69, 9.17) is 4.98 Å². The number of halogens is 1. The predicted molar refractivity (Wildman–Crippen MR) is 123 cm³/mol. The van der Waals surface area contributed by atoms with Gasteiger partial charge in [0.05, 0.1) is 23.1 Å². The third-order valence-electron chi connectivity index (χ3n) is 5.75. The first-order valence-corrected chi connectivity index (χ1v) is 10.5. The number of aliphatic hydroxyl groups excluding tert-OH is 1. The molecule has 3 aromatic carbocycles. The van der Waals surface area contributed by atoms with E-state index in [0.29, 0.717) is 5.56 Å². The fourth-order valence-corrected chi connectivity index (χ4v) is 4.14. The zero-order chi connectivity index (χ0) is 22.4. The van der Waals surface area contributed by atoms with Gasteiger partial charge < -0.3 is 10.2 Å². The average molecular weight is 427 g/mol. The van der Waals surface area contributed by atoms with E-state index >= 15 is 0 Å². The van der Waals surface area contributed by atoms with Gasteiger partial charge in [-0.05, 0) is 41.1 Å². The average Bonchev–Trinajstić information content (AvgIpc) is 3.25. The van der Waals surface area contributed by atoms with Crippen LogP contribution in [-0.2, 0) is 0 Å². The van der Waals surface area contributed by atoms with Gasteiger partial charge in [0.25, 0.3) is 0 Å². The molecule has 0 unspecified atom stereocenters. The van der Waals surface area contributed by atoms with Crippen LogP contribution in [0, 0.1) is 5.82 Å². The lowest BCUT2D eigenvalue weighted by Gasteiger charge is -2.19. The second kappa shape index (κ2) is 7.82. The fourth-order valence-electron chi connectivity index (χ4n) is 4.14. The summed E-state index contributed by atoms with van der Waals surface area (Å²) in [6.07, 6.45) is 0.265. The number of hydrogen-bond acceptors (Lipinski definition) is 4. The van der Waals surface area contributed by atoms with E-state index in [1.165, 1.54) is 12.1 Å². The van der Waals surface area contributed by atoms with Gasteiger partial charge in [0.2, 0.25) is 0 Å². The standard InChI is InChI=1S/C26H22FN3O2/c1-14(2)24-23(15-7-9-19(27)10-8-15)20-11-18-13-28-30-22(18)12-21(20)25(29-24)16-3-5-17(6-4-16)26(31)32/h3-14,26,31-32H,1-2H3,(H,28,30). The van der Waals surface area contributed by atoms with Gasteiger partial charge in [-0.25, -0.2) is 4.39 Å². The lowest BCUT2D eigenvalue weighted by molar-refractivity contribution is -0.0424. The molecule has 2 heterocycles. The maximum Gasteiger partial charge on any atom is 0.178 e. The molecule has 0 bridgehead atoms. The minimum atomic E-state index is -1.52. The molecule has 0 aliphatic carbocycles. The summed E-state index contributed by atoms with van der Waals surface area (Å²) in [6.45, 7) is 4.18. The molecule has 0 radical (unpaired) electrons. The second-order valence-electron chi connectivity index (χ2n) is 8.23. The van der Waals surface area contributed by atoms with Crippen molar-refractivity contribution in [3.05, 3.63) is 83.9 Å². The largest absolute Gasteiger partial charge is 0.364 e. The van der Waals surface area contributed by atoms with Crippen LogP contribution in [0.25, 0.3) is 44.1 Å². The first-order valence-electron chi connectivity index (χ1n) is 10.5. The lowest BCUT2D eigenvalue weighted by Crippen LogP contribution is -2.02. The van der Waals surface area contributed by atoms with Gasteiger partial charge in [0.15, 0.2) is 6.29 Å². The number of nitrogens with one attached hydrogen (secondary N) is 1. The molecule has 0 fully saturated rings. The van der Waals surface area contributed by atoms with Gasteiger partial charge in [-0.3, -0.25) is 10.1 Å². The van der Waals surface area contributed by atoms with Crippen LogP contribution in [0.3, 0.4) is 0 Å². The summed E-state index contributed by atoms with van der Waals surface area (Å²) in [4.78, 5) is 5.08. The molecule has 0 spiro atoms. The molecule has 5 rings (SSSR count). The van der Waals surface area contributed by atoms with Crippen molar-refractivity contribution >= 4 is 21.7 Å². The van der Waals surface area contributed by atoms with E-state index in [2.05, 4.69) is 30.1 Å². The van der Waals surface area contributed by atoms with Crippen LogP contribution in [-0.4, -0.2) is 25.4 Å². The van der Waals surface area contributed by atoms with Crippen molar-refractivity contribution < 1.29 is 14.6 Å². The Labute approximate surface area is 184 Å². The number of nitrogens with zero attached hydrogens (tertiary/aromatic N) is 2. The SMILES string of the molecule is CC(C)c1nc(-c2ccc(C(O)O)cc2)c2cc3[nH]ncc3cc2c1-c1ccc(F)cc1. The number of rotatable bonds is 4. The number of pyridine rings is 1. The molecule has 0 saturated carbocycles. The summed E-state index contributed by atoms with van der Waals surface area (Å²) in [5, 5.41) is 29.0. The van der Waals surface area contributed by atoms with Crippen LogP contribution >= 0.6 is 0 Å². The quantitative estimate of drug-likeness (QED) is 0.322. The van der Waals surface area contributed by atoms with Crippen molar-refractivity contribution in [2.24, 2.45) is 0 Å². The first-order chi connectivity index (χ1) is 15.4. The molecule has 0 atom stereocenters. The van der Waals surface area contributed by atoms with Crippen molar-refractivity contribution in [1.29, 1.82) is 0 Å². The fraction of sp³-hybridized carbons (Fsp3) is 0.154. The van der Waals surface area contributed by atoms with Gasteiger partial charge >= 0.3 is 0 Å². The topological polar surface area (TPSA) is 82.0 Å². The molecular formula is C26H22FN3O2. The molecule has 5 aromatic rings.